The molecule has 0 aromatic heterocycles. The molecule has 0 saturated carbocycles. The van der Waals surface area contributed by atoms with Gasteiger partial charge in [-0.3, -0.25) is 0 Å². The van der Waals surface area contributed by atoms with E-state index in [9.17, 15) is 0 Å². The number of fused-ring (bicyclic) bond motifs is 28. The molecule has 0 fully saturated rings. The molecular weight excluding hydrogens is 664 g/mol. The monoisotopic (exact) mass is 712 g/mol. The minimum absolute atomic E-state index is 0.382. The predicted octanol–water partition coefficient (Wildman–Crippen LogP) is 6.99. The average Bonchev–Trinajstić information content (AvgIpc) is 3.18. The molecule has 0 spiro atoms. The van der Waals surface area contributed by atoms with Gasteiger partial charge in [-0.2, -0.15) is 0 Å². The third-order valence-electron chi connectivity index (χ3n) is 8.31. The van der Waals surface area contributed by atoms with Gasteiger partial charge in [-0.05, 0) is 57.9 Å². The van der Waals surface area contributed by atoms with Gasteiger partial charge in [0.25, 0.3) is 0 Å². The van der Waals surface area contributed by atoms with Gasteiger partial charge in [0.2, 0.25) is 0 Å². The van der Waals surface area contributed by atoms with E-state index in [1.807, 2.05) is 48.5 Å². The Bertz CT molecular complexity index is 1650. The zero-order valence-electron chi connectivity index (χ0n) is 29.6. The van der Waals surface area contributed by atoms with Gasteiger partial charge in [-0.15, -0.1) is 0 Å². The molecule has 2 aliphatic rings. The van der Waals surface area contributed by atoms with Crippen LogP contribution in [0.3, 0.4) is 0 Å². The smallest absolute Gasteiger partial charge is 0.128 e. The lowest BCUT2D eigenvalue weighted by Crippen LogP contribution is -2.15. The lowest BCUT2D eigenvalue weighted by atomic mass is 9.92. The van der Waals surface area contributed by atoms with Crippen LogP contribution in [0, 0.1) is 0 Å². The maximum atomic E-state index is 6.43. The van der Waals surface area contributed by atoms with Crippen LogP contribution in [0.4, 0.5) is 0 Å². The molecule has 10 nitrogen and oxygen atoms in total. The summed E-state index contributed by atoms with van der Waals surface area (Å²) in [7, 11) is 0. The van der Waals surface area contributed by atoms with E-state index >= 15 is 0 Å². The summed E-state index contributed by atoms with van der Waals surface area (Å²) in [6.07, 6.45) is 0. The number of hydrogen-bond acceptors (Lipinski definition) is 10. The van der Waals surface area contributed by atoms with Gasteiger partial charge < -0.3 is 47.4 Å². The van der Waals surface area contributed by atoms with Crippen LogP contribution in [-0.4, -0.2) is 106 Å². The first kappa shape index (κ1) is 37.3. The average molecular weight is 713 g/mol. The number of hydrogen-bond donors (Lipinski definition) is 0. The second kappa shape index (κ2) is 21.2. The first-order chi connectivity index (χ1) is 25.9. The van der Waals surface area contributed by atoms with Crippen molar-refractivity contribution in [3.63, 3.8) is 0 Å². The Hall–Kier alpha value is -4.42. The van der Waals surface area contributed by atoms with Crippen molar-refractivity contribution in [2.45, 2.75) is 0 Å². The fraction of sp³-hybridized carbons (Fsp3) is 0.381. The van der Waals surface area contributed by atoms with E-state index in [1.54, 1.807) is 0 Å². The molecule has 5 aromatic carbocycles. The Morgan fingerprint density at radius 2 is 0.577 bits per heavy atom. The number of benzene rings is 5. The van der Waals surface area contributed by atoms with E-state index in [4.69, 9.17) is 47.4 Å². The van der Waals surface area contributed by atoms with Crippen LogP contribution in [0.15, 0.2) is 97.1 Å². The van der Waals surface area contributed by atoms with Crippen LogP contribution < -0.4 is 18.9 Å². The third-order valence-corrected chi connectivity index (χ3v) is 8.31. The van der Waals surface area contributed by atoms with Crippen molar-refractivity contribution in [3.8, 4) is 34.1 Å². The maximum Gasteiger partial charge on any atom is 0.128 e. The van der Waals surface area contributed by atoms with Crippen LogP contribution in [0.25, 0.3) is 32.7 Å². The molecule has 2 aliphatic heterocycles. The third kappa shape index (κ3) is 11.3. The lowest BCUT2D eigenvalue weighted by Gasteiger charge is -2.20. The summed E-state index contributed by atoms with van der Waals surface area (Å²) < 4.78 is 58.7. The van der Waals surface area contributed by atoms with E-state index < -0.39 is 0 Å². The highest BCUT2D eigenvalue weighted by molar-refractivity contribution is 6.09. The maximum absolute atomic E-state index is 6.43. The molecule has 0 unspecified atom stereocenters. The molecule has 0 N–H and O–H groups in total. The fourth-order valence-corrected chi connectivity index (χ4v) is 5.83. The van der Waals surface area contributed by atoms with Crippen molar-refractivity contribution in [1.82, 2.24) is 0 Å². The number of rotatable bonds is 0. The molecule has 0 saturated heterocycles. The zero-order valence-corrected chi connectivity index (χ0v) is 29.6. The topological polar surface area (TPSA) is 92.3 Å². The Kier molecular flexibility index (Phi) is 15.2. The second-order valence-electron chi connectivity index (χ2n) is 11.9. The molecule has 0 radical (unpaired) electrons. The summed E-state index contributed by atoms with van der Waals surface area (Å²) in [4.78, 5) is 0. The van der Waals surface area contributed by atoms with Crippen LogP contribution in [0.5, 0.6) is 23.0 Å². The van der Waals surface area contributed by atoms with E-state index in [0.717, 1.165) is 55.7 Å². The van der Waals surface area contributed by atoms with E-state index in [1.165, 1.54) is 0 Å². The second-order valence-corrected chi connectivity index (χ2v) is 11.9. The number of ether oxygens (including phenoxy) is 10. The van der Waals surface area contributed by atoms with Gasteiger partial charge in [0, 0.05) is 11.1 Å². The lowest BCUT2D eigenvalue weighted by molar-refractivity contribution is 0.00479. The molecule has 5 aromatic rings. The van der Waals surface area contributed by atoms with E-state index in [-0.39, 0.29) is 0 Å². The van der Waals surface area contributed by atoms with Crippen LogP contribution in [-0.2, 0) is 28.4 Å². The first-order valence-electron chi connectivity index (χ1n) is 18.0. The molecule has 52 heavy (non-hydrogen) atoms. The molecule has 0 amide bonds. The Morgan fingerprint density at radius 1 is 0.269 bits per heavy atom. The summed E-state index contributed by atoms with van der Waals surface area (Å²) in [6.45, 7) is 7.18. The van der Waals surface area contributed by atoms with Crippen LogP contribution >= 0.6 is 0 Å². The van der Waals surface area contributed by atoms with E-state index in [2.05, 4.69) is 48.5 Å². The molecule has 0 atom stereocenters. The van der Waals surface area contributed by atoms with Crippen molar-refractivity contribution in [2.24, 2.45) is 0 Å². The SMILES string of the molecule is c1ccc2c3c(ccc2c1)OCCOCCOCCOCCOc1ccc(cc1)OCCOCCOCCOCCOc1ccc2ccccc2c1-3. The first-order valence-corrected chi connectivity index (χ1v) is 18.0. The molecule has 2 heterocycles. The highest BCUT2D eigenvalue weighted by Crippen LogP contribution is 2.45. The zero-order chi connectivity index (χ0) is 35.5. The molecular formula is C42H48O10. The van der Waals surface area contributed by atoms with Gasteiger partial charge in [-0.1, -0.05) is 60.7 Å². The van der Waals surface area contributed by atoms with Crippen LogP contribution in [0.1, 0.15) is 0 Å². The largest absolute Gasteiger partial charge is 0.491 e. The summed E-state index contributed by atoms with van der Waals surface area (Å²) in [5.74, 6) is 3.04. The summed E-state index contributed by atoms with van der Waals surface area (Å²) in [5.41, 5.74) is 1.97. The minimum atomic E-state index is 0.382. The van der Waals surface area contributed by atoms with Crippen molar-refractivity contribution < 1.29 is 47.4 Å². The highest BCUT2D eigenvalue weighted by Gasteiger charge is 2.19. The Labute approximate surface area is 305 Å². The van der Waals surface area contributed by atoms with Gasteiger partial charge in [0.15, 0.2) is 0 Å². The van der Waals surface area contributed by atoms with Gasteiger partial charge in [0.05, 0.1) is 79.3 Å². The highest BCUT2D eigenvalue weighted by atomic mass is 16.6. The summed E-state index contributed by atoms with van der Waals surface area (Å²) in [5, 5.41) is 4.39. The summed E-state index contributed by atoms with van der Waals surface area (Å²) in [6, 6.07) is 32.4. The summed E-state index contributed by atoms with van der Waals surface area (Å²) >= 11 is 0. The van der Waals surface area contributed by atoms with Crippen LogP contribution in [0.2, 0.25) is 0 Å². The van der Waals surface area contributed by atoms with E-state index in [0.29, 0.717) is 106 Å². The Balaban J connectivity index is 1.09. The van der Waals surface area contributed by atoms with Crippen molar-refractivity contribution in [2.75, 3.05) is 106 Å². The van der Waals surface area contributed by atoms with Crippen molar-refractivity contribution in [1.29, 1.82) is 0 Å². The minimum Gasteiger partial charge on any atom is -0.491 e. The molecule has 10 heteroatoms. The fourth-order valence-electron chi connectivity index (χ4n) is 5.83. The van der Waals surface area contributed by atoms with Gasteiger partial charge in [-0.25, -0.2) is 0 Å². The molecule has 7 rings (SSSR count). The van der Waals surface area contributed by atoms with Gasteiger partial charge in [0.1, 0.15) is 49.4 Å². The predicted molar refractivity (Wildman–Crippen MR) is 200 cm³/mol. The normalized spacial score (nSPS) is 17.3. The molecule has 0 aliphatic carbocycles. The Morgan fingerprint density at radius 3 is 0.942 bits per heavy atom. The molecule has 276 valence electrons. The van der Waals surface area contributed by atoms with Crippen molar-refractivity contribution >= 4 is 21.5 Å². The molecule has 2 bridgehead atoms. The van der Waals surface area contributed by atoms with Gasteiger partial charge >= 0.3 is 0 Å². The standard InChI is InChI=1S/C42H48O10/c1-3-7-37-33(5-1)9-15-39-41(37)42-38-8-4-2-6-34(38)10-16-40(42)52-32-28-48-24-20-44-18-22-46-26-30-50-36-13-11-35(12-14-36)49-29-25-45-21-17-43-19-23-47-27-31-51-39/h1-16H,17-32H2. The quantitative estimate of drug-likeness (QED) is 0.157. The van der Waals surface area contributed by atoms with Crippen molar-refractivity contribution in [3.05, 3.63) is 97.1 Å².